The number of carbonyl (C=O) groups is 2. The highest BCUT2D eigenvalue weighted by molar-refractivity contribution is 5.73. The van der Waals surface area contributed by atoms with E-state index >= 15 is 0 Å². The third kappa shape index (κ3) is 4.04. The van der Waals surface area contributed by atoms with Crippen LogP contribution >= 0.6 is 0 Å². The molecule has 1 saturated heterocycles. The molecule has 0 aromatic carbocycles. The molecule has 1 rings (SSSR count). The molecule has 0 aromatic rings. The van der Waals surface area contributed by atoms with Gasteiger partial charge in [-0.1, -0.05) is 0 Å². The SMILES string of the molecule is CC(=O)NC1CC[C@](C)(C=O)OC1C[C@H](O)CO. The van der Waals surface area contributed by atoms with Crippen molar-refractivity contribution < 1.29 is 24.5 Å². The molecule has 104 valence electrons. The molecule has 1 heterocycles. The highest BCUT2D eigenvalue weighted by Crippen LogP contribution is 2.29. The minimum absolute atomic E-state index is 0.179. The lowest BCUT2D eigenvalue weighted by Crippen LogP contribution is -2.54. The second-order valence-electron chi connectivity index (χ2n) is 5.00. The number of hydrogen-bond acceptors (Lipinski definition) is 5. The monoisotopic (exact) mass is 259 g/mol. The number of aliphatic hydroxyl groups is 2. The molecule has 1 aliphatic heterocycles. The van der Waals surface area contributed by atoms with Gasteiger partial charge in [-0.2, -0.15) is 0 Å². The lowest BCUT2D eigenvalue weighted by Gasteiger charge is -2.41. The van der Waals surface area contributed by atoms with Gasteiger partial charge in [-0.15, -0.1) is 0 Å². The number of carbonyl (C=O) groups excluding carboxylic acids is 2. The van der Waals surface area contributed by atoms with Crippen LogP contribution in [0.3, 0.4) is 0 Å². The van der Waals surface area contributed by atoms with Crippen LogP contribution in [0.15, 0.2) is 0 Å². The van der Waals surface area contributed by atoms with Crippen molar-refractivity contribution in [2.24, 2.45) is 0 Å². The Kier molecular flexibility index (Phi) is 5.25. The molecule has 18 heavy (non-hydrogen) atoms. The lowest BCUT2D eigenvalue weighted by molar-refractivity contribution is -0.159. The van der Waals surface area contributed by atoms with Crippen molar-refractivity contribution in [3.05, 3.63) is 0 Å². The first-order valence-corrected chi connectivity index (χ1v) is 6.10. The van der Waals surface area contributed by atoms with Crippen LogP contribution in [-0.4, -0.2) is 52.9 Å². The summed E-state index contributed by atoms with van der Waals surface area (Å²) in [7, 11) is 0. The van der Waals surface area contributed by atoms with Crippen LogP contribution in [0, 0.1) is 0 Å². The molecule has 6 nitrogen and oxygen atoms in total. The highest BCUT2D eigenvalue weighted by Gasteiger charge is 2.39. The number of nitrogens with one attached hydrogen (secondary N) is 1. The molecule has 0 spiro atoms. The van der Waals surface area contributed by atoms with Gasteiger partial charge in [0.05, 0.1) is 24.9 Å². The van der Waals surface area contributed by atoms with E-state index in [9.17, 15) is 14.7 Å². The van der Waals surface area contributed by atoms with Gasteiger partial charge in [-0.05, 0) is 19.8 Å². The molecular weight excluding hydrogens is 238 g/mol. The minimum Gasteiger partial charge on any atom is -0.394 e. The zero-order valence-corrected chi connectivity index (χ0v) is 10.8. The Morgan fingerprint density at radius 3 is 2.83 bits per heavy atom. The molecule has 6 heteroatoms. The molecule has 0 saturated carbocycles. The summed E-state index contributed by atoms with van der Waals surface area (Å²) >= 11 is 0. The van der Waals surface area contributed by atoms with Crippen molar-refractivity contribution in [2.45, 2.75) is 57.0 Å². The van der Waals surface area contributed by atoms with Crippen LogP contribution in [-0.2, 0) is 14.3 Å². The topological polar surface area (TPSA) is 95.9 Å². The summed E-state index contributed by atoms with van der Waals surface area (Å²) in [6.07, 6.45) is 0.672. The normalized spacial score (nSPS) is 33.8. The maximum absolute atomic E-state index is 11.1. The van der Waals surface area contributed by atoms with Gasteiger partial charge in [-0.3, -0.25) is 4.79 Å². The fourth-order valence-electron chi connectivity index (χ4n) is 2.18. The highest BCUT2D eigenvalue weighted by atomic mass is 16.5. The van der Waals surface area contributed by atoms with E-state index in [1.807, 2.05) is 0 Å². The third-order valence-electron chi connectivity index (χ3n) is 3.17. The van der Waals surface area contributed by atoms with Crippen LogP contribution in [0.5, 0.6) is 0 Å². The van der Waals surface area contributed by atoms with Crippen LogP contribution in [0.1, 0.15) is 33.1 Å². The summed E-state index contributed by atoms with van der Waals surface area (Å²) in [6.45, 7) is 2.72. The fourth-order valence-corrected chi connectivity index (χ4v) is 2.18. The van der Waals surface area contributed by atoms with Gasteiger partial charge < -0.3 is 25.1 Å². The molecule has 0 aliphatic carbocycles. The predicted molar refractivity (Wildman–Crippen MR) is 63.9 cm³/mol. The Bertz CT molecular complexity index is 309. The summed E-state index contributed by atoms with van der Waals surface area (Å²) in [5.41, 5.74) is -0.880. The van der Waals surface area contributed by atoms with Crippen LogP contribution in [0.25, 0.3) is 0 Å². The van der Waals surface area contributed by atoms with E-state index in [4.69, 9.17) is 9.84 Å². The molecule has 0 bridgehead atoms. The van der Waals surface area contributed by atoms with E-state index < -0.39 is 17.8 Å². The summed E-state index contributed by atoms with van der Waals surface area (Å²) in [5, 5.41) is 21.1. The zero-order valence-electron chi connectivity index (χ0n) is 10.8. The summed E-state index contributed by atoms with van der Waals surface area (Å²) < 4.78 is 5.66. The quantitative estimate of drug-likeness (QED) is 0.571. The van der Waals surface area contributed by atoms with Gasteiger partial charge in [-0.25, -0.2) is 0 Å². The maximum Gasteiger partial charge on any atom is 0.217 e. The van der Waals surface area contributed by atoms with Gasteiger partial charge in [0.15, 0.2) is 6.29 Å². The minimum atomic E-state index is -0.916. The standard InChI is InChI=1S/C12H21NO5/c1-8(16)13-10-3-4-12(2,7-15)18-11(10)5-9(17)6-14/h7,9-11,14,17H,3-6H2,1-2H3,(H,13,16)/t9-,10?,11?,12+/m0/s1. The van der Waals surface area contributed by atoms with Crippen LogP contribution in [0.2, 0.25) is 0 Å². The Balaban J connectivity index is 2.72. The third-order valence-corrected chi connectivity index (χ3v) is 3.17. The van der Waals surface area contributed by atoms with E-state index in [-0.39, 0.29) is 25.0 Å². The van der Waals surface area contributed by atoms with Gasteiger partial charge in [0.2, 0.25) is 5.91 Å². The summed E-state index contributed by atoms with van der Waals surface area (Å²) in [4.78, 5) is 22.1. The van der Waals surface area contributed by atoms with Gasteiger partial charge in [0, 0.05) is 13.3 Å². The number of rotatable bonds is 5. The second kappa shape index (κ2) is 6.26. The van der Waals surface area contributed by atoms with Crippen LogP contribution < -0.4 is 5.32 Å². The molecule has 0 aromatic heterocycles. The molecule has 1 aliphatic rings. The first kappa shape index (κ1) is 15.1. The summed E-state index contributed by atoms with van der Waals surface area (Å²) in [6, 6.07) is -0.239. The molecule has 2 unspecified atom stereocenters. The number of amides is 1. The largest absolute Gasteiger partial charge is 0.394 e. The van der Waals surface area contributed by atoms with E-state index in [1.54, 1.807) is 6.92 Å². The molecule has 4 atom stereocenters. The smallest absolute Gasteiger partial charge is 0.217 e. The molecular formula is C12H21NO5. The number of hydrogen-bond donors (Lipinski definition) is 3. The Hall–Kier alpha value is -0.980. The second-order valence-corrected chi connectivity index (χ2v) is 5.00. The first-order valence-electron chi connectivity index (χ1n) is 6.10. The Labute approximate surface area is 106 Å². The van der Waals surface area contributed by atoms with Gasteiger partial charge in [0.25, 0.3) is 0 Å². The number of aliphatic hydroxyl groups excluding tert-OH is 2. The molecule has 3 N–H and O–H groups in total. The predicted octanol–water partition coefficient (Wildman–Crippen LogP) is -0.629. The fraction of sp³-hybridized carbons (Fsp3) is 0.833. The first-order chi connectivity index (χ1) is 8.40. The molecule has 1 amide bonds. The Morgan fingerprint density at radius 1 is 1.67 bits per heavy atom. The number of ether oxygens (including phenoxy) is 1. The van der Waals surface area contributed by atoms with Crippen molar-refractivity contribution in [2.75, 3.05) is 6.61 Å². The van der Waals surface area contributed by atoms with E-state index in [0.717, 1.165) is 6.29 Å². The number of aldehydes is 1. The Morgan fingerprint density at radius 2 is 2.33 bits per heavy atom. The molecule has 0 radical (unpaired) electrons. The molecule has 1 fully saturated rings. The lowest BCUT2D eigenvalue weighted by atomic mass is 9.89. The van der Waals surface area contributed by atoms with E-state index in [0.29, 0.717) is 12.8 Å². The maximum atomic E-state index is 11.1. The van der Waals surface area contributed by atoms with Crippen molar-refractivity contribution in [3.63, 3.8) is 0 Å². The van der Waals surface area contributed by atoms with E-state index in [1.165, 1.54) is 6.92 Å². The van der Waals surface area contributed by atoms with Crippen molar-refractivity contribution in [1.29, 1.82) is 0 Å². The summed E-state index contributed by atoms with van der Waals surface area (Å²) in [5.74, 6) is -0.179. The van der Waals surface area contributed by atoms with Crippen molar-refractivity contribution in [3.8, 4) is 0 Å². The average molecular weight is 259 g/mol. The van der Waals surface area contributed by atoms with Crippen molar-refractivity contribution >= 4 is 12.2 Å². The van der Waals surface area contributed by atoms with Gasteiger partial charge >= 0.3 is 0 Å². The van der Waals surface area contributed by atoms with Crippen molar-refractivity contribution in [1.82, 2.24) is 5.32 Å². The average Bonchev–Trinajstić information content (AvgIpc) is 2.32. The van der Waals surface area contributed by atoms with Crippen LogP contribution in [0.4, 0.5) is 0 Å². The van der Waals surface area contributed by atoms with Gasteiger partial charge in [0.1, 0.15) is 5.60 Å². The van der Waals surface area contributed by atoms with E-state index in [2.05, 4.69) is 5.32 Å². The zero-order chi connectivity index (χ0) is 13.8.